The van der Waals surface area contributed by atoms with Crippen LogP contribution < -0.4 is 0 Å². The fourth-order valence-electron chi connectivity index (χ4n) is 6.40. The molecule has 0 N–H and O–H groups in total. The first-order valence-corrected chi connectivity index (χ1v) is 13.1. The fourth-order valence-corrected chi connectivity index (χ4v) is 7.55. The molecular formula is C33H18N2S. The monoisotopic (exact) mass is 474 g/mol. The lowest BCUT2D eigenvalue weighted by atomic mass is 9.91. The van der Waals surface area contributed by atoms with E-state index in [4.69, 9.17) is 4.98 Å². The van der Waals surface area contributed by atoms with Crippen molar-refractivity contribution in [2.75, 3.05) is 0 Å². The van der Waals surface area contributed by atoms with E-state index in [0.717, 1.165) is 5.82 Å². The zero-order valence-corrected chi connectivity index (χ0v) is 20.0. The number of thiophene rings is 1. The van der Waals surface area contributed by atoms with Gasteiger partial charge in [0.05, 0.1) is 11.0 Å². The molecule has 0 spiro atoms. The minimum Gasteiger partial charge on any atom is -0.294 e. The van der Waals surface area contributed by atoms with Crippen LogP contribution in [0.25, 0.3) is 80.8 Å². The summed E-state index contributed by atoms with van der Waals surface area (Å²) in [7, 11) is 0. The molecule has 0 amide bonds. The molecule has 3 heteroatoms. The van der Waals surface area contributed by atoms with Gasteiger partial charge in [0.15, 0.2) is 0 Å². The third-order valence-electron chi connectivity index (χ3n) is 7.77. The molecule has 0 saturated heterocycles. The summed E-state index contributed by atoms with van der Waals surface area (Å²) in [6.07, 6.45) is 1.89. The Morgan fingerprint density at radius 1 is 0.556 bits per heavy atom. The SMILES string of the molecule is c1ccc(-n2c3cc4sc5ccccc5c4c4c3c3c5c(cccc5ccc32)-c2ccccc2-4)nc1. The lowest BCUT2D eigenvalue weighted by Gasteiger charge is -2.14. The van der Waals surface area contributed by atoms with E-state index in [1.165, 1.54) is 75.0 Å². The molecule has 0 unspecified atom stereocenters. The van der Waals surface area contributed by atoms with E-state index >= 15 is 0 Å². The molecule has 166 valence electrons. The van der Waals surface area contributed by atoms with E-state index in [2.05, 4.69) is 102 Å². The molecule has 3 aromatic heterocycles. The van der Waals surface area contributed by atoms with Crippen molar-refractivity contribution in [1.29, 1.82) is 0 Å². The molecule has 0 aliphatic heterocycles. The average molecular weight is 475 g/mol. The number of nitrogens with zero attached hydrogens (tertiary/aromatic N) is 2. The molecule has 3 heterocycles. The highest BCUT2D eigenvalue weighted by molar-refractivity contribution is 7.26. The normalized spacial score (nSPS) is 12.4. The number of hydrogen-bond donors (Lipinski definition) is 0. The minimum atomic E-state index is 0.953. The molecule has 8 aromatic rings. The standard InChI is InChI=1S/C33H18N2S/c1-2-10-22-20(9-1)21-12-7-8-19-15-16-24-32(29(19)21)33-25(35(24)28-14-5-6-17-34-28)18-27-30(31(22)33)23-11-3-4-13-26(23)36-27/h1-18H. The van der Waals surface area contributed by atoms with E-state index in [0.29, 0.717) is 0 Å². The topological polar surface area (TPSA) is 17.8 Å². The predicted molar refractivity (Wildman–Crippen MR) is 153 cm³/mol. The van der Waals surface area contributed by atoms with Gasteiger partial charge >= 0.3 is 0 Å². The smallest absolute Gasteiger partial charge is 0.137 e. The van der Waals surface area contributed by atoms with Gasteiger partial charge in [0.2, 0.25) is 0 Å². The van der Waals surface area contributed by atoms with Crippen LogP contribution in [-0.2, 0) is 0 Å². The Kier molecular flexibility index (Phi) is 3.45. The van der Waals surface area contributed by atoms with Crippen LogP contribution in [0.15, 0.2) is 109 Å². The lowest BCUT2D eigenvalue weighted by molar-refractivity contribution is 1.08. The molecule has 0 fully saturated rings. The van der Waals surface area contributed by atoms with Crippen molar-refractivity contribution in [1.82, 2.24) is 9.55 Å². The zero-order valence-electron chi connectivity index (χ0n) is 19.2. The number of aromatic nitrogens is 2. The summed E-state index contributed by atoms with van der Waals surface area (Å²) >= 11 is 1.88. The number of fused-ring (bicyclic) bond motifs is 7. The van der Waals surface area contributed by atoms with Gasteiger partial charge in [-0.3, -0.25) is 4.57 Å². The molecule has 0 saturated carbocycles. The first-order valence-electron chi connectivity index (χ1n) is 12.2. The molecule has 0 atom stereocenters. The summed E-state index contributed by atoms with van der Waals surface area (Å²) in [4.78, 5) is 4.81. The van der Waals surface area contributed by atoms with Crippen LogP contribution in [0.2, 0.25) is 0 Å². The van der Waals surface area contributed by atoms with Crippen molar-refractivity contribution in [3.8, 4) is 28.1 Å². The van der Waals surface area contributed by atoms with Crippen molar-refractivity contribution >= 4 is 64.1 Å². The summed E-state index contributed by atoms with van der Waals surface area (Å²) in [6, 6.07) is 37.6. The third kappa shape index (κ3) is 2.20. The summed E-state index contributed by atoms with van der Waals surface area (Å²) in [5.74, 6) is 0.953. The van der Waals surface area contributed by atoms with E-state index in [-0.39, 0.29) is 0 Å². The summed E-state index contributed by atoms with van der Waals surface area (Å²) in [5, 5.41) is 7.96. The van der Waals surface area contributed by atoms with Crippen LogP contribution in [0.5, 0.6) is 0 Å². The zero-order chi connectivity index (χ0) is 23.4. The Hall–Kier alpha value is -4.47. The maximum absolute atomic E-state index is 4.81. The first-order chi connectivity index (χ1) is 17.9. The van der Waals surface area contributed by atoms with Crippen molar-refractivity contribution < 1.29 is 0 Å². The van der Waals surface area contributed by atoms with Gasteiger partial charge in [0.25, 0.3) is 0 Å². The summed E-state index contributed by atoms with van der Waals surface area (Å²) in [5.41, 5.74) is 7.69. The second-order valence-corrected chi connectivity index (χ2v) is 10.6. The second-order valence-electron chi connectivity index (χ2n) is 9.55. The molecule has 5 aromatic carbocycles. The van der Waals surface area contributed by atoms with Crippen LogP contribution >= 0.6 is 11.3 Å². The Balaban J connectivity index is 1.68. The minimum absolute atomic E-state index is 0.953. The van der Waals surface area contributed by atoms with Gasteiger partial charge in [-0.05, 0) is 57.8 Å². The van der Waals surface area contributed by atoms with Gasteiger partial charge in [0.1, 0.15) is 5.82 Å². The number of rotatable bonds is 1. The average Bonchev–Trinajstić information content (AvgIpc) is 3.43. The maximum atomic E-state index is 4.81. The first kappa shape index (κ1) is 18.8. The van der Waals surface area contributed by atoms with E-state index < -0.39 is 0 Å². The van der Waals surface area contributed by atoms with Gasteiger partial charge < -0.3 is 0 Å². The maximum Gasteiger partial charge on any atom is 0.137 e. The van der Waals surface area contributed by atoms with E-state index in [1.54, 1.807) is 0 Å². The van der Waals surface area contributed by atoms with Crippen LogP contribution in [-0.4, -0.2) is 9.55 Å². The van der Waals surface area contributed by atoms with Crippen LogP contribution in [0, 0.1) is 0 Å². The second kappa shape index (κ2) is 6.60. The Morgan fingerprint density at radius 2 is 1.39 bits per heavy atom. The molecule has 36 heavy (non-hydrogen) atoms. The fraction of sp³-hybridized carbons (Fsp3) is 0. The highest BCUT2D eigenvalue weighted by Gasteiger charge is 2.27. The molecular weight excluding hydrogens is 456 g/mol. The van der Waals surface area contributed by atoms with Crippen molar-refractivity contribution in [2.45, 2.75) is 0 Å². The predicted octanol–water partition coefficient (Wildman–Crippen LogP) is 9.35. The number of pyridine rings is 1. The molecule has 2 nitrogen and oxygen atoms in total. The lowest BCUT2D eigenvalue weighted by Crippen LogP contribution is -1.97. The third-order valence-corrected chi connectivity index (χ3v) is 8.88. The molecule has 1 aliphatic rings. The van der Waals surface area contributed by atoms with E-state index in [9.17, 15) is 0 Å². The molecule has 0 radical (unpaired) electrons. The van der Waals surface area contributed by atoms with Gasteiger partial charge in [-0.1, -0.05) is 72.8 Å². The van der Waals surface area contributed by atoms with Gasteiger partial charge in [-0.2, -0.15) is 0 Å². The summed E-state index contributed by atoms with van der Waals surface area (Å²) in [6.45, 7) is 0. The quantitative estimate of drug-likeness (QED) is 0.232. The van der Waals surface area contributed by atoms with E-state index in [1.807, 2.05) is 23.6 Å². The van der Waals surface area contributed by atoms with Crippen molar-refractivity contribution in [3.05, 3.63) is 109 Å². The number of hydrogen-bond acceptors (Lipinski definition) is 2. The largest absolute Gasteiger partial charge is 0.294 e. The summed E-state index contributed by atoms with van der Waals surface area (Å²) < 4.78 is 5.01. The number of benzene rings is 5. The van der Waals surface area contributed by atoms with Crippen molar-refractivity contribution in [3.63, 3.8) is 0 Å². The van der Waals surface area contributed by atoms with Gasteiger partial charge in [-0.25, -0.2) is 4.98 Å². The Labute approximate surface area is 210 Å². The molecule has 0 bridgehead atoms. The van der Waals surface area contributed by atoms with Crippen LogP contribution in [0.3, 0.4) is 0 Å². The van der Waals surface area contributed by atoms with Crippen molar-refractivity contribution in [2.24, 2.45) is 0 Å². The van der Waals surface area contributed by atoms with Crippen LogP contribution in [0.1, 0.15) is 0 Å². The Morgan fingerprint density at radius 3 is 2.31 bits per heavy atom. The molecule has 1 aliphatic carbocycles. The Bertz CT molecular complexity index is 2200. The highest BCUT2D eigenvalue weighted by Crippen LogP contribution is 2.53. The van der Waals surface area contributed by atoms with Gasteiger partial charge in [0, 0.05) is 42.7 Å². The highest BCUT2D eigenvalue weighted by atomic mass is 32.1. The van der Waals surface area contributed by atoms with Gasteiger partial charge in [-0.15, -0.1) is 11.3 Å². The van der Waals surface area contributed by atoms with Crippen LogP contribution in [0.4, 0.5) is 0 Å². The molecule has 9 rings (SSSR count).